The molecule has 0 aliphatic heterocycles. The molecule has 0 aromatic carbocycles. The molecule has 4 heteroatoms. The summed E-state index contributed by atoms with van der Waals surface area (Å²) in [6.07, 6.45) is 16.3. The summed E-state index contributed by atoms with van der Waals surface area (Å²) in [5.74, 6) is 2.69. The molecular weight excluding hydrogens is 434 g/mol. The molecule has 1 N–H and O–H groups in total. The van der Waals surface area contributed by atoms with Gasteiger partial charge in [0.1, 0.15) is 6.10 Å². The van der Waals surface area contributed by atoms with Gasteiger partial charge in [-0.2, -0.15) is 0 Å². The highest BCUT2D eigenvalue weighted by Crippen LogP contribution is 2.67. The average molecular weight is 480 g/mol. The minimum absolute atomic E-state index is 0.108. The number of carbonyl (C=O) groups is 1. The first-order valence-electron chi connectivity index (χ1n) is 14.1. The summed E-state index contributed by atoms with van der Waals surface area (Å²) in [6, 6.07) is 2.07. The van der Waals surface area contributed by atoms with Gasteiger partial charge >= 0.3 is 5.97 Å². The Bertz CT molecular complexity index is 987. The molecule has 3 fully saturated rings. The summed E-state index contributed by atoms with van der Waals surface area (Å²) in [6.45, 7) is 11.0. The van der Waals surface area contributed by atoms with E-state index in [-0.39, 0.29) is 23.6 Å². The fraction of sp³-hybridized carbons (Fsp3) is 0.742. The number of aromatic nitrogens is 1. The Morgan fingerprint density at radius 1 is 1.17 bits per heavy atom. The molecular formula is C31H45NO3. The van der Waals surface area contributed by atoms with Crippen LogP contribution >= 0.6 is 0 Å². The molecule has 4 aliphatic carbocycles. The molecule has 1 aromatic heterocycles. The number of fused-ring (bicyclic) bond motifs is 5. The van der Waals surface area contributed by atoms with Crippen molar-refractivity contribution in [2.75, 3.05) is 0 Å². The van der Waals surface area contributed by atoms with Crippen LogP contribution in [-0.2, 0) is 16.0 Å². The van der Waals surface area contributed by atoms with Crippen LogP contribution in [0.2, 0.25) is 0 Å². The van der Waals surface area contributed by atoms with E-state index in [0.717, 1.165) is 25.7 Å². The number of pyridine rings is 1. The molecule has 0 spiro atoms. The van der Waals surface area contributed by atoms with Gasteiger partial charge in [0.15, 0.2) is 0 Å². The predicted molar refractivity (Wildman–Crippen MR) is 139 cm³/mol. The van der Waals surface area contributed by atoms with Crippen molar-refractivity contribution in [2.45, 2.75) is 105 Å². The number of rotatable bonds is 5. The van der Waals surface area contributed by atoms with Gasteiger partial charge in [-0.25, -0.2) is 0 Å². The zero-order chi connectivity index (χ0) is 25.0. The Morgan fingerprint density at radius 3 is 2.66 bits per heavy atom. The van der Waals surface area contributed by atoms with Gasteiger partial charge in [-0.3, -0.25) is 9.78 Å². The Kier molecular flexibility index (Phi) is 6.66. The second kappa shape index (κ2) is 9.32. The van der Waals surface area contributed by atoms with E-state index in [1.165, 1.54) is 43.2 Å². The van der Waals surface area contributed by atoms with Gasteiger partial charge in [0.2, 0.25) is 0 Å². The fourth-order valence-electron chi connectivity index (χ4n) is 9.13. The molecule has 35 heavy (non-hydrogen) atoms. The first-order valence-corrected chi connectivity index (χ1v) is 14.1. The van der Waals surface area contributed by atoms with E-state index in [9.17, 15) is 9.90 Å². The van der Waals surface area contributed by atoms with Crippen molar-refractivity contribution in [1.29, 1.82) is 0 Å². The Balaban J connectivity index is 1.32. The molecule has 5 rings (SSSR count). The number of aliphatic hydroxyl groups excluding tert-OH is 1. The zero-order valence-corrected chi connectivity index (χ0v) is 22.4. The summed E-state index contributed by atoms with van der Waals surface area (Å²) < 4.78 is 5.63. The monoisotopic (exact) mass is 479 g/mol. The van der Waals surface area contributed by atoms with Crippen LogP contribution in [-0.4, -0.2) is 28.3 Å². The summed E-state index contributed by atoms with van der Waals surface area (Å²) in [7, 11) is 0. The first kappa shape index (κ1) is 25.0. The maximum absolute atomic E-state index is 11.5. The molecule has 3 saturated carbocycles. The molecule has 4 nitrogen and oxygen atoms in total. The Morgan fingerprint density at radius 2 is 1.91 bits per heavy atom. The minimum atomic E-state index is -0.312. The van der Waals surface area contributed by atoms with Gasteiger partial charge in [0.25, 0.3) is 0 Å². The van der Waals surface area contributed by atoms with Gasteiger partial charge < -0.3 is 9.84 Å². The molecule has 0 amide bonds. The number of hydrogen-bond acceptors (Lipinski definition) is 4. The van der Waals surface area contributed by atoms with Crippen molar-refractivity contribution in [3.8, 4) is 0 Å². The lowest BCUT2D eigenvalue weighted by Gasteiger charge is -2.58. The fourth-order valence-corrected chi connectivity index (χ4v) is 9.13. The molecule has 9 atom stereocenters. The van der Waals surface area contributed by atoms with Crippen molar-refractivity contribution in [2.24, 2.45) is 40.4 Å². The summed E-state index contributed by atoms with van der Waals surface area (Å²) in [5, 5.41) is 11.3. The molecule has 1 unspecified atom stereocenters. The molecule has 1 aromatic rings. The molecule has 4 aliphatic rings. The standard InChI is InChI=1S/C31H45NO3/c1-19-18-32-15-12-22(19)16-29(34)20(2)26-8-9-27-25-7-6-23-17-24(35-21(3)33)10-13-30(23,4)28(25)11-14-31(26,27)5/h7,12,15,18,20,23-24,26-29,34H,6,8-11,13-14,16-17H2,1-5H3/t20-,23-,24-,26+,27-,28-,29?,30-,31+/m0/s1. The van der Waals surface area contributed by atoms with Gasteiger partial charge in [0, 0.05) is 19.3 Å². The Hall–Kier alpha value is -1.68. The maximum Gasteiger partial charge on any atom is 0.302 e. The van der Waals surface area contributed by atoms with E-state index in [1.807, 2.05) is 12.4 Å². The molecule has 192 valence electrons. The maximum atomic E-state index is 11.5. The van der Waals surface area contributed by atoms with Gasteiger partial charge in [0.05, 0.1) is 6.10 Å². The number of nitrogens with zero attached hydrogens (tertiary/aromatic N) is 1. The second-order valence-corrected chi connectivity index (χ2v) is 12.9. The lowest BCUT2D eigenvalue weighted by atomic mass is 9.47. The van der Waals surface area contributed by atoms with Crippen LogP contribution in [0.5, 0.6) is 0 Å². The third-order valence-electron chi connectivity index (χ3n) is 11.2. The van der Waals surface area contributed by atoms with Crippen molar-refractivity contribution < 1.29 is 14.6 Å². The van der Waals surface area contributed by atoms with Crippen LogP contribution in [0, 0.1) is 47.3 Å². The Labute approximate surface area is 211 Å². The minimum Gasteiger partial charge on any atom is -0.463 e. The molecule has 0 bridgehead atoms. The third-order valence-corrected chi connectivity index (χ3v) is 11.2. The van der Waals surface area contributed by atoms with Gasteiger partial charge in [-0.1, -0.05) is 32.4 Å². The van der Waals surface area contributed by atoms with E-state index in [4.69, 9.17) is 4.74 Å². The SMILES string of the molecule is CC(=O)O[C@H]1CC[C@@]2(C)[C@@H](CC=C3[C@@H]2CC[C@]2(C)[C@@H]([C@H](C)C(O)Cc4ccncc4C)CC[C@@H]32)C1. The van der Waals surface area contributed by atoms with Crippen molar-refractivity contribution in [3.63, 3.8) is 0 Å². The summed E-state index contributed by atoms with van der Waals surface area (Å²) >= 11 is 0. The van der Waals surface area contributed by atoms with E-state index in [1.54, 1.807) is 12.5 Å². The van der Waals surface area contributed by atoms with Crippen molar-refractivity contribution in [3.05, 3.63) is 41.2 Å². The van der Waals surface area contributed by atoms with Crippen LogP contribution in [0.3, 0.4) is 0 Å². The lowest BCUT2D eigenvalue weighted by molar-refractivity contribution is -0.152. The average Bonchev–Trinajstić information content (AvgIpc) is 3.17. The summed E-state index contributed by atoms with van der Waals surface area (Å²) in [5.41, 5.74) is 4.77. The molecule has 1 heterocycles. The van der Waals surface area contributed by atoms with Crippen LogP contribution in [0.25, 0.3) is 0 Å². The third kappa shape index (κ3) is 4.28. The summed E-state index contributed by atoms with van der Waals surface area (Å²) in [4.78, 5) is 15.8. The first-order chi connectivity index (χ1) is 16.6. The normalized spacial score (nSPS) is 40.1. The number of hydrogen-bond donors (Lipinski definition) is 1. The quantitative estimate of drug-likeness (QED) is 0.390. The highest BCUT2D eigenvalue weighted by molar-refractivity contribution is 5.66. The van der Waals surface area contributed by atoms with E-state index < -0.39 is 0 Å². The number of aliphatic hydroxyl groups is 1. The topological polar surface area (TPSA) is 59.4 Å². The number of esters is 1. The van der Waals surface area contributed by atoms with Crippen molar-refractivity contribution in [1.82, 2.24) is 4.98 Å². The van der Waals surface area contributed by atoms with E-state index >= 15 is 0 Å². The largest absolute Gasteiger partial charge is 0.463 e. The van der Waals surface area contributed by atoms with E-state index in [2.05, 4.69) is 44.8 Å². The van der Waals surface area contributed by atoms with Gasteiger partial charge in [-0.05, 0) is 122 Å². The molecule has 0 radical (unpaired) electrons. The lowest BCUT2D eigenvalue weighted by Crippen LogP contribution is -2.50. The zero-order valence-electron chi connectivity index (χ0n) is 22.4. The van der Waals surface area contributed by atoms with Crippen LogP contribution < -0.4 is 0 Å². The van der Waals surface area contributed by atoms with Crippen LogP contribution in [0.4, 0.5) is 0 Å². The van der Waals surface area contributed by atoms with Crippen molar-refractivity contribution >= 4 is 5.97 Å². The van der Waals surface area contributed by atoms with Gasteiger partial charge in [-0.15, -0.1) is 0 Å². The van der Waals surface area contributed by atoms with Crippen LogP contribution in [0.15, 0.2) is 30.1 Å². The number of ether oxygens (including phenoxy) is 1. The highest BCUT2D eigenvalue weighted by Gasteiger charge is 2.58. The highest BCUT2D eigenvalue weighted by atomic mass is 16.5. The second-order valence-electron chi connectivity index (χ2n) is 12.9. The predicted octanol–water partition coefficient (Wildman–Crippen LogP) is 6.44. The van der Waals surface area contributed by atoms with E-state index in [0.29, 0.717) is 35.0 Å². The molecule has 0 saturated heterocycles. The smallest absolute Gasteiger partial charge is 0.302 e. The van der Waals surface area contributed by atoms with Crippen LogP contribution in [0.1, 0.15) is 90.2 Å². The number of allylic oxidation sites excluding steroid dienone is 2. The number of aryl methyl sites for hydroxylation is 1. The number of carbonyl (C=O) groups excluding carboxylic acids is 1.